The molecule has 2 aliphatic heterocycles. The standard InChI is InChI=1S/C30H40N2O2/c1-33-30-23-28-29-21-20-26(34-29)17-15-13-11-9-7-5-3-2-4-6-8-10-12-14-16-24-18-19-25(31-24)22-27(30)32-28/h6,8,18-23,32H,2-5,7,9-17H2,1H3/b8-6-,25-22+. The number of hydrogen-bond donors (Lipinski definition) is 1. The van der Waals surface area contributed by atoms with Crippen molar-refractivity contribution in [1.82, 2.24) is 4.98 Å². The van der Waals surface area contributed by atoms with Crippen molar-refractivity contribution >= 4 is 11.8 Å². The van der Waals surface area contributed by atoms with Crippen LogP contribution in [0.4, 0.5) is 0 Å². The van der Waals surface area contributed by atoms with E-state index in [-0.39, 0.29) is 0 Å². The summed E-state index contributed by atoms with van der Waals surface area (Å²) in [5, 5.41) is 0. The Bertz CT molecular complexity index is 1020. The van der Waals surface area contributed by atoms with Gasteiger partial charge in [-0.2, -0.15) is 0 Å². The molecular formula is C30H40N2O2. The monoisotopic (exact) mass is 460 g/mol. The molecule has 2 aliphatic rings. The molecule has 0 atom stereocenters. The molecule has 0 fully saturated rings. The number of fused-ring (bicyclic) bond motifs is 6. The number of furan rings is 1. The molecule has 4 nitrogen and oxygen atoms in total. The average molecular weight is 461 g/mol. The third-order valence-electron chi connectivity index (χ3n) is 6.73. The number of aromatic amines is 1. The summed E-state index contributed by atoms with van der Waals surface area (Å²) in [6, 6.07) is 6.18. The zero-order valence-electron chi connectivity index (χ0n) is 20.8. The van der Waals surface area contributed by atoms with E-state index in [9.17, 15) is 0 Å². The summed E-state index contributed by atoms with van der Waals surface area (Å²) in [5.74, 6) is 2.73. The van der Waals surface area contributed by atoms with Crippen molar-refractivity contribution in [2.45, 2.75) is 89.9 Å². The molecule has 0 radical (unpaired) electrons. The molecule has 0 aliphatic carbocycles. The predicted molar refractivity (Wildman–Crippen MR) is 142 cm³/mol. The summed E-state index contributed by atoms with van der Waals surface area (Å²) < 4.78 is 11.8. The van der Waals surface area contributed by atoms with E-state index in [0.29, 0.717) is 0 Å². The summed E-state index contributed by atoms with van der Waals surface area (Å²) in [5.41, 5.74) is 3.99. The lowest BCUT2D eigenvalue weighted by molar-refractivity contribution is 0.414. The molecule has 4 rings (SSSR count). The van der Waals surface area contributed by atoms with Gasteiger partial charge in [-0.05, 0) is 75.3 Å². The van der Waals surface area contributed by atoms with Crippen LogP contribution in [0.3, 0.4) is 0 Å². The maximum atomic E-state index is 6.15. The number of aromatic nitrogens is 1. The van der Waals surface area contributed by atoms with Crippen molar-refractivity contribution in [1.29, 1.82) is 0 Å². The zero-order valence-corrected chi connectivity index (χ0v) is 20.8. The van der Waals surface area contributed by atoms with E-state index >= 15 is 0 Å². The van der Waals surface area contributed by atoms with Gasteiger partial charge >= 0.3 is 0 Å². The van der Waals surface area contributed by atoms with Crippen LogP contribution in [-0.2, 0) is 6.42 Å². The first-order valence-corrected chi connectivity index (χ1v) is 13.3. The molecule has 6 bridgehead atoms. The zero-order chi connectivity index (χ0) is 23.4. The largest absolute Gasteiger partial charge is 0.494 e. The van der Waals surface area contributed by atoms with Crippen LogP contribution >= 0.6 is 0 Å². The Balaban J connectivity index is 1.43. The number of hydrogen-bond acceptors (Lipinski definition) is 3. The first kappa shape index (κ1) is 24.4. The highest BCUT2D eigenvalue weighted by molar-refractivity contribution is 5.99. The molecule has 2 aromatic heterocycles. The fraction of sp³-hybridized carbons (Fsp3) is 0.500. The van der Waals surface area contributed by atoms with Gasteiger partial charge in [0, 0.05) is 18.2 Å². The Morgan fingerprint density at radius 2 is 1.53 bits per heavy atom. The van der Waals surface area contributed by atoms with Crippen LogP contribution in [-0.4, -0.2) is 17.8 Å². The Kier molecular flexibility index (Phi) is 9.48. The fourth-order valence-electron chi connectivity index (χ4n) is 4.73. The Hall–Kier alpha value is -2.75. The van der Waals surface area contributed by atoms with Crippen molar-refractivity contribution in [2.75, 3.05) is 7.11 Å². The average Bonchev–Trinajstić information content (AvgIpc) is 3.58. The van der Waals surface area contributed by atoms with Crippen LogP contribution in [0.5, 0.6) is 5.75 Å². The maximum Gasteiger partial charge on any atom is 0.150 e. The first-order valence-electron chi connectivity index (χ1n) is 13.3. The van der Waals surface area contributed by atoms with E-state index in [0.717, 1.165) is 52.9 Å². The second-order valence-corrected chi connectivity index (χ2v) is 9.52. The lowest BCUT2D eigenvalue weighted by Gasteiger charge is -2.02. The second kappa shape index (κ2) is 13.2. The van der Waals surface area contributed by atoms with E-state index in [1.807, 2.05) is 6.07 Å². The predicted octanol–water partition coefficient (Wildman–Crippen LogP) is 8.82. The molecule has 2 aromatic rings. The summed E-state index contributed by atoms with van der Waals surface area (Å²) in [6.07, 6.45) is 28.5. The molecule has 4 heteroatoms. The highest BCUT2D eigenvalue weighted by Crippen LogP contribution is 2.31. The van der Waals surface area contributed by atoms with E-state index in [2.05, 4.69) is 47.5 Å². The van der Waals surface area contributed by atoms with Gasteiger partial charge in [-0.25, -0.2) is 0 Å². The number of allylic oxidation sites excluding steroid dienone is 4. The van der Waals surface area contributed by atoms with Crippen molar-refractivity contribution < 1.29 is 9.15 Å². The van der Waals surface area contributed by atoms with Gasteiger partial charge in [0.05, 0.1) is 24.2 Å². The first-order chi connectivity index (χ1) is 16.8. The van der Waals surface area contributed by atoms with Gasteiger partial charge in [-0.1, -0.05) is 50.7 Å². The minimum Gasteiger partial charge on any atom is -0.494 e. The van der Waals surface area contributed by atoms with Crippen LogP contribution in [0.2, 0.25) is 0 Å². The molecule has 0 aromatic carbocycles. The van der Waals surface area contributed by atoms with E-state index in [1.165, 1.54) is 77.0 Å². The minimum atomic E-state index is 0.807. The Labute approximate surface area is 204 Å². The van der Waals surface area contributed by atoms with Crippen LogP contribution in [0.25, 0.3) is 17.5 Å². The van der Waals surface area contributed by atoms with Crippen LogP contribution < -0.4 is 4.74 Å². The van der Waals surface area contributed by atoms with Crippen molar-refractivity contribution in [3.63, 3.8) is 0 Å². The minimum absolute atomic E-state index is 0.807. The number of nitrogens with one attached hydrogen (secondary N) is 1. The van der Waals surface area contributed by atoms with Crippen molar-refractivity contribution in [3.05, 3.63) is 59.7 Å². The molecule has 0 saturated carbocycles. The van der Waals surface area contributed by atoms with Gasteiger partial charge in [0.1, 0.15) is 11.5 Å². The topological polar surface area (TPSA) is 50.5 Å². The third kappa shape index (κ3) is 7.38. The molecule has 182 valence electrons. The molecule has 0 spiro atoms. The SMILES string of the molecule is COc1cc2[nH]c1/C=C1\C=CC(=N1)CCCC/C=C\CCCCCCCCCCc1ccc-2o1. The molecule has 34 heavy (non-hydrogen) atoms. The van der Waals surface area contributed by atoms with Gasteiger partial charge in [0.15, 0.2) is 5.76 Å². The molecular weight excluding hydrogens is 420 g/mol. The Morgan fingerprint density at radius 3 is 2.32 bits per heavy atom. The van der Waals surface area contributed by atoms with Crippen LogP contribution in [0, 0.1) is 0 Å². The van der Waals surface area contributed by atoms with Crippen molar-refractivity contribution in [2.24, 2.45) is 4.99 Å². The number of aryl methyl sites for hydroxylation is 1. The molecule has 4 heterocycles. The third-order valence-corrected chi connectivity index (χ3v) is 6.73. The molecule has 0 amide bonds. The second-order valence-electron chi connectivity index (χ2n) is 9.52. The summed E-state index contributed by atoms with van der Waals surface area (Å²) in [7, 11) is 1.71. The lowest BCUT2D eigenvalue weighted by Crippen LogP contribution is -1.90. The van der Waals surface area contributed by atoms with Gasteiger partial charge < -0.3 is 14.1 Å². The number of ether oxygens (including phenoxy) is 1. The number of aliphatic imine (C=N–C) groups is 1. The highest BCUT2D eigenvalue weighted by atomic mass is 16.5. The molecule has 0 saturated heterocycles. The number of methoxy groups -OCH3 is 1. The maximum absolute atomic E-state index is 6.15. The smallest absolute Gasteiger partial charge is 0.150 e. The summed E-state index contributed by atoms with van der Waals surface area (Å²) in [4.78, 5) is 8.28. The van der Waals surface area contributed by atoms with Gasteiger partial charge in [-0.3, -0.25) is 4.99 Å². The van der Waals surface area contributed by atoms with Gasteiger partial charge in [-0.15, -0.1) is 0 Å². The lowest BCUT2D eigenvalue weighted by atomic mass is 10.1. The highest BCUT2D eigenvalue weighted by Gasteiger charge is 2.13. The van der Waals surface area contributed by atoms with E-state index < -0.39 is 0 Å². The van der Waals surface area contributed by atoms with E-state index in [4.69, 9.17) is 14.1 Å². The quantitative estimate of drug-likeness (QED) is 0.432. The van der Waals surface area contributed by atoms with Gasteiger partial charge in [0.2, 0.25) is 0 Å². The molecule has 0 unspecified atom stereocenters. The van der Waals surface area contributed by atoms with Gasteiger partial charge in [0.25, 0.3) is 0 Å². The van der Waals surface area contributed by atoms with Crippen LogP contribution in [0.15, 0.2) is 57.6 Å². The number of nitrogens with zero attached hydrogens (tertiary/aromatic N) is 1. The summed E-state index contributed by atoms with van der Waals surface area (Å²) in [6.45, 7) is 0. The number of rotatable bonds is 1. The Morgan fingerprint density at radius 1 is 0.824 bits per heavy atom. The summed E-state index contributed by atoms with van der Waals surface area (Å²) >= 11 is 0. The van der Waals surface area contributed by atoms with Crippen LogP contribution in [0.1, 0.15) is 94.9 Å². The normalized spacial score (nSPS) is 21.4. The van der Waals surface area contributed by atoms with Crippen molar-refractivity contribution in [3.8, 4) is 17.2 Å². The van der Waals surface area contributed by atoms with E-state index in [1.54, 1.807) is 7.11 Å². The number of H-pyrrole nitrogens is 1. The fourth-order valence-corrected chi connectivity index (χ4v) is 4.73. The molecule has 1 N–H and O–H groups in total.